The Labute approximate surface area is 154 Å². The van der Waals surface area contributed by atoms with Gasteiger partial charge in [0.2, 0.25) is 5.88 Å². The number of ether oxygens (including phenoxy) is 2. The van der Waals surface area contributed by atoms with Crippen LogP contribution in [-0.4, -0.2) is 39.6 Å². The molecule has 0 bridgehead atoms. The lowest BCUT2D eigenvalue weighted by Crippen LogP contribution is -2.33. The van der Waals surface area contributed by atoms with E-state index in [1.165, 1.54) is 30.1 Å². The number of pyridine rings is 1. The number of aromatic nitrogens is 3. The monoisotopic (exact) mass is 379 g/mol. The summed E-state index contributed by atoms with van der Waals surface area (Å²) in [5.41, 5.74) is 1.08. The number of rotatable bonds is 6. The number of nitrogens with one attached hydrogen (secondary N) is 1. The van der Waals surface area contributed by atoms with Crippen molar-refractivity contribution in [2.45, 2.75) is 26.6 Å². The van der Waals surface area contributed by atoms with Crippen LogP contribution in [0.4, 0.5) is 8.87 Å². The lowest BCUT2D eigenvalue weighted by molar-refractivity contribution is 0.0152. The smallest absolute Gasteiger partial charge is 0.341 e. The van der Waals surface area contributed by atoms with E-state index >= 15 is 0 Å². The minimum absolute atomic E-state index is 0.0902. The maximum atomic E-state index is 14.4. The third kappa shape index (κ3) is 3.69. The zero-order chi connectivity index (χ0) is 19.6. The molecule has 0 aromatic carbocycles. The highest BCUT2D eigenvalue weighted by atomic mass is 19.2. The zero-order valence-corrected chi connectivity index (χ0v) is 15.1. The summed E-state index contributed by atoms with van der Waals surface area (Å²) < 4.78 is 39.5. The first-order chi connectivity index (χ1) is 12.9. The lowest BCUT2D eigenvalue weighted by Gasteiger charge is -2.27. The number of nitrogens with zero attached hydrogens (tertiary/aromatic N) is 4. The Morgan fingerprint density at radius 3 is 2.93 bits per heavy atom. The molecule has 1 atom stereocenters. The van der Waals surface area contributed by atoms with Gasteiger partial charge in [-0.2, -0.15) is 10.2 Å². The van der Waals surface area contributed by atoms with E-state index in [4.69, 9.17) is 9.47 Å². The molecular weight excluding hydrogens is 360 g/mol. The molecule has 10 heteroatoms. The fourth-order valence-corrected chi connectivity index (χ4v) is 2.75. The van der Waals surface area contributed by atoms with Gasteiger partial charge in [-0.25, -0.2) is 18.9 Å². The molecule has 0 spiro atoms. The van der Waals surface area contributed by atoms with Gasteiger partial charge >= 0.3 is 5.97 Å². The van der Waals surface area contributed by atoms with Crippen LogP contribution >= 0.6 is 0 Å². The number of methoxy groups -OCH3 is 1. The third-order valence-corrected chi connectivity index (χ3v) is 4.04. The van der Waals surface area contributed by atoms with Crippen LogP contribution in [0.15, 0.2) is 24.3 Å². The summed E-state index contributed by atoms with van der Waals surface area (Å²) in [4.78, 5) is 15.9. The minimum Gasteiger partial charge on any atom is -0.481 e. The van der Waals surface area contributed by atoms with Crippen molar-refractivity contribution in [1.29, 1.82) is 0 Å². The topological polar surface area (TPSA) is 81.5 Å². The van der Waals surface area contributed by atoms with E-state index in [1.54, 1.807) is 13.8 Å². The van der Waals surface area contributed by atoms with E-state index in [0.717, 1.165) is 6.20 Å². The maximum Gasteiger partial charge on any atom is 0.341 e. The number of hydrogen-bond acceptors (Lipinski definition) is 7. The van der Waals surface area contributed by atoms with Crippen LogP contribution in [0.25, 0.3) is 6.08 Å². The molecule has 0 fully saturated rings. The van der Waals surface area contributed by atoms with Gasteiger partial charge in [0, 0.05) is 11.6 Å². The van der Waals surface area contributed by atoms with E-state index in [1.807, 2.05) is 0 Å². The quantitative estimate of drug-likeness (QED) is 0.610. The molecule has 27 heavy (non-hydrogen) atoms. The first-order valence-electron chi connectivity index (χ1n) is 8.28. The Morgan fingerprint density at radius 2 is 2.22 bits per heavy atom. The van der Waals surface area contributed by atoms with Crippen LogP contribution < -0.4 is 10.1 Å². The second-order valence-corrected chi connectivity index (χ2v) is 5.81. The van der Waals surface area contributed by atoms with Gasteiger partial charge in [0.25, 0.3) is 0 Å². The van der Waals surface area contributed by atoms with Gasteiger partial charge in [-0.1, -0.05) is 4.48 Å². The van der Waals surface area contributed by atoms with Gasteiger partial charge in [-0.3, -0.25) is 0 Å². The summed E-state index contributed by atoms with van der Waals surface area (Å²) in [7, 11) is 1.42. The van der Waals surface area contributed by atoms with Gasteiger partial charge in [-0.05, 0) is 19.9 Å². The first-order valence-corrected chi connectivity index (χ1v) is 8.28. The van der Waals surface area contributed by atoms with Crippen LogP contribution in [0.3, 0.4) is 0 Å². The Hall–Kier alpha value is -3.17. The van der Waals surface area contributed by atoms with Crippen molar-refractivity contribution < 1.29 is 23.1 Å². The normalized spacial score (nSPS) is 14.3. The largest absolute Gasteiger partial charge is 0.481 e. The standard InChI is InChI=1S/C17H19F2N5O3/c1-4-27-17(25)13-8-21-24-9-23(19)15(6-14(13)24)22-10(2)12-5-11(18)7-20-16(12)26-3/h5-8,10,22H,4,9H2,1-3H3/t10-/m1/s1. The number of fused-ring (bicyclic) bond motifs is 1. The van der Waals surface area contributed by atoms with Crippen molar-refractivity contribution in [3.63, 3.8) is 0 Å². The summed E-state index contributed by atoms with van der Waals surface area (Å²) in [6, 6.07) is 0.747. The van der Waals surface area contributed by atoms with Gasteiger partial charge < -0.3 is 14.8 Å². The van der Waals surface area contributed by atoms with Crippen LogP contribution in [0.1, 0.15) is 41.5 Å². The Kier molecular flexibility index (Phi) is 5.24. The van der Waals surface area contributed by atoms with Crippen LogP contribution in [0.2, 0.25) is 0 Å². The van der Waals surface area contributed by atoms with E-state index in [9.17, 15) is 13.7 Å². The average molecular weight is 379 g/mol. The lowest BCUT2D eigenvalue weighted by atomic mass is 10.1. The summed E-state index contributed by atoms with van der Waals surface area (Å²) in [6.45, 7) is 3.42. The fraction of sp³-hybridized carbons (Fsp3) is 0.353. The number of hydrogen-bond donors (Lipinski definition) is 1. The van der Waals surface area contributed by atoms with Crippen molar-refractivity contribution in [2.24, 2.45) is 0 Å². The molecule has 2 aromatic rings. The highest BCUT2D eigenvalue weighted by molar-refractivity contribution is 5.93. The highest BCUT2D eigenvalue weighted by Gasteiger charge is 2.26. The molecule has 8 nitrogen and oxygen atoms in total. The number of esters is 1. The molecule has 3 rings (SSSR count). The molecule has 0 amide bonds. The van der Waals surface area contributed by atoms with Crippen molar-refractivity contribution in [3.8, 4) is 5.88 Å². The van der Waals surface area contributed by atoms with Crippen molar-refractivity contribution in [1.82, 2.24) is 25.2 Å². The van der Waals surface area contributed by atoms with Gasteiger partial charge in [0.05, 0.1) is 37.8 Å². The van der Waals surface area contributed by atoms with Crippen LogP contribution in [0.5, 0.6) is 5.88 Å². The highest BCUT2D eigenvalue weighted by Crippen LogP contribution is 2.27. The molecular formula is C17H19F2N5O3. The van der Waals surface area contributed by atoms with E-state index in [-0.39, 0.29) is 30.5 Å². The van der Waals surface area contributed by atoms with Crippen molar-refractivity contribution in [2.75, 3.05) is 13.7 Å². The van der Waals surface area contributed by atoms with Crippen LogP contribution in [-0.2, 0) is 11.4 Å². The zero-order valence-electron chi connectivity index (χ0n) is 15.1. The summed E-state index contributed by atoms with van der Waals surface area (Å²) in [6.07, 6.45) is 3.82. The fourth-order valence-electron chi connectivity index (χ4n) is 2.75. The number of carbonyl (C=O) groups excluding carboxylic acids is 1. The summed E-state index contributed by atoms with van der Waals surface area (Å²) in [5, 5.41) is 7.39. The molecule has 1 aliphatic heterocycles. The molecule has 0 unspecified atom stereocenters. The molecule has 0 saturated heterocycles. The minimum atomic E-state index is -0.536. The molecule has 3 heterocycles. The number of halogens is 2. The molecule has 0 saturated carbocycles. The molecule has 0 aliphatic carbocycles. The third-order valence-electron chi connectivity index (χ3n) is 4.04. The molecule has 0 radical (unpaired) electrons. The van der Waals surface area contributed by atoms with Crippen molar-refractivity contribution >= 4 is 12.0 Å². The van der Waals surface area contributed by atoms with E-state index in [2.05, 4.69) is 15.4 Å². The first kappa shape index (κ1) is 18.6. The van der Waals surface area contributed by atoms with Crippen LogP contribution in [0, 0.1) is 5.82 Å². The summed E-state index contributed by atoms with van der Waals surface area (Å²) in [5.74, 6) is -0.745. The molecule has 144 valence electrons. The second-order valence-electron chi connectivity index (χ2n) is 5.81. The Balaban J connectivity index is 1.89. The maximum absolute atomic E-state index is 14.4. The van der Waals surface area contributed by atoms with Gasteiger partial charge in [0.15, 0.2) is 0 Å². The molecule has 2 aromatic heterocycles. The Morgan fingerprint density at radius 1 is 1.44 bits per heavy atom. The van der Waals surface area contributed by atoms with Crippen molar-refractivity contribution in [3.05, 3.63) is 46.9 Å². The SMILES string of the molecule is CCOC(=O)c1cnn2c1C=C(N[C@H](C)c1cc(F)cnc1OC)N(F)C2. The number of carbonyl (C=O) groups is 1. The van der Waals surface area contributed by atoms with Gasteiger partial charge in [0.1, 0.15) is 23.9 Å². The Bertz CT molecular complexity index is 883. The predicted molar refractivity (Wildman–Crippen MR) is 91.4 cm³/mol. The molecule has 1 aliphatic rings. The van der Waals surface area contributed by atoms with E-state index in [0.29, 0.717) is 16.4 Å². The van der Waals surface area contributed by atoms with Gasteiger partial charge in [-0.15, -0.1) is 0 Å². The molecule has 1 N–H and O–H groups in total. The predicted octanol–water partition coefficient (Wildman–Crippen LogP) is 2.41. The van der Waals surface area contributed by atoms with E-state index < -0.39 is 17.8 Å². The summed E-state index contributed by atoms with van der Waals surface area (Å²) >= 11 is 0. The second kappa shape index (κ2) is 7.60. The average Bonchev–Trinajstić information content (AvgIpc) is 3.04.